The molecule has 0 radical (unpaired) electrons. The molecule has 0 unspecified atom stereocenters. The number of fused-ring (bicyclic) bond motifs is 1. The Morgan fingerprint density at radius 2 is 1.84 bits per heavy atom. The molecule has 7 nitrogen and oxygen atoms in total. The fourth-order valence-electron chi connectivity index (χ4n) is 3.15. The van der Waals surface area contributed by atoms with Crippen molar-refractivity contribution >= 4 is 39.1 Å². The van der Waals surface area contributed by atoms with E-state index in [-0.39, 0.29) is 24.5 Å². The van der Waals surface area contributed by atoms with Crippen molar-refractivity contribution in [1.82, 2.24) is 9.55 Å². The van der Waals surface area contributed by atoms with Crippen molar-refractivity contribution in [3.8, 4) is 11.1 Å². The number of amides is 1. The molecule has 0 atom stereocenters. The fourth-order valence-corrected chi connectivity index (χ4v) is 4.12. The summed E-state index contributed by atoms with van der Waals surface area (Å²) in [4.78, 5) is 41.3. The second kappa shape index (κ2) is 9.11. The molecular formula is C23H18FN3O4S. The predicted octanol–water partition coefficient (Wildman–Crippen LogP) is 4.08. The zero-order valence-electron chi connectivity index (χ0n) is 17.0. The van der Waals surface area contributed by atoms with Crippen LogP contribution in [0.4, 0.5) is 10.1 Å². The van der Waals surface area contributed by atoms with Crippen molar-refractivity contribution in [1.29, 1.82) is 0 Å². The zero-order chi connectivity index (χ0) is 22.7. The van der Waals surface area contributed by atoms with Gasteiger partial charge in [0.1, 0.15) is 17.1 Å². The van der Waals surface area contributed by atoms with Crippen molar-refractivity contribution in [3.63, 3.8) is 0 Å². The average molecular weight is 451 g/mol. The van der Waals surface area contributed by atoms with E-state index in [1.165, 1.54) is 34.4 Å². The normalized spacial score (nSPS) is 10.8. The summed E-state index contributed by atoms with van der Waals surface area (Å²) >= 11 is 1.23. The van der Waals surface area contributed by atoms with Crippen LogP contribution >= 0.6 is 11.3 Å². The van der Waals surface area contributed by atoms with Crippen molar-refractivity contribution in [3.05, 3.63) is 82.0 Å². The topological polar surface area (TPSA) is 90.3 Å². The highest BCUT2D eigenvalue weighted by Gasteiger charge is 2.14. The molecule has 9 heteroatoms. The van der Waals surface area contributed by atoms with Crippen LogP contribution in [0.3, 0.4) is 0 Å². The third-order valence-electron chi connectivity index (χ3n) is 4.70. The van der Waals surface area contributed by atoms with Crippen LogP contribution in [-0.4, -0.2) is 28.0 Å². The first-order valence-electron chi connectivity index (χ1n) is 9.76. The van der Waals surface area contributed by atoms with Gasteiger partial charge in [-0.1, -0.05) is 12.1 Å². The molecule has 2 aromatic heterocycles. The minimum Gasteiger partial charge on any atom is -0.462 e. The number of carbonyl (C=O) groups is 2. The zero-order valence-corrected chi connectivity index (χ0v) is 17.8. The second-order valence-corrected chi connectivity index (χ2v) is 7.74. The van der Waals surface area contributed by atoms with Gasteiger partial charge >= 0.3 is 5.97 Å². The highest BCUT2D eigenvalue weighted by molar-refractivity contribution is 7.17. The third kappa shape index (κ3) is 4.42. The van der Waals surface area contributed by atoms with Crippen molar-refractivity contribution in [2.45, 2.75) is 13.5 Å². The maximum absolute atomic E-state index is 13.2. The van der Waals surface area contributed by atoms with Crippen LogP contribution in [0, 0.1) is 5.82 Å². The van der Waals surface area contributed by atoms with Gasteiger partial charge in [-0.3, -0.25) is 14.2 Å². The van der Waals surface area contributed by atoms with E-state index in [4.69, 9.17) is 4.74 Å². The van der Waals surface area contributed by atoms with Gasteiger partial charge in [0.05, 0.1) is 24.0 Å². The molecule has 1 N–H and O–H groups in total. The summed E-state index contributed by atoms with van der Waals surface area (Å²) in [5, 5.41) is 4.48. The Balaban J connectivity index is 1.50. The lowest BCUT2D eigenvalue weighted by molar-refractivity contribution is -0.116. The van der Waals surface area contributed by atoms with E-state index in [2.05, 4.69) is 10.3 Å². The van der Waals surface area contributed by atoms with Crippen LogP contribution in [0.5, 0.6) is 0 Å². The van der Waals surface area contributed by atoms with Gasteiger partial charge in [0.25, 0.3) is 5.56 Å². The Morgan fingerprint density at radius 3 is 2.53 bits per heavy atom. The van der Waals surface area contributed by atoms with Crippen LogP contribution in [0.2, 0.25) is 0 Å². The van der Waals surface area contributed by atoms with E-state index in [1.807, 2.05) is 0 Å². The lowest BCUT2D eigenvalue weighted by atomic mass is 10.1. The number of halogens is 1. The first-order chi connectivity index (χ1) is 15.5. The highest BCUT2D eigenvalue weighted by atomic mass is 32.1. The molecule has 2 aromatic carbocycles. The second-order valence-electron chi connectivity index (χ2n) is 6.86. The number of nitrogens with one attached hydrogen (secondary N) is 1. The molecule has 0 saturated carbocycles. The molecule has 1 amide bonds. The number of thiophene rings is 1. The van der Waals surface area contributed by atoms with E-state index in [1.54, 1.807) is 48.7 Å². The summed E-state index contributed by atoms with van der Waals surface area (Å²) in [6.45, 7) is 1.78. The van der Waals surface area contributed by atoms with E-state index in [9.17, 15) is 18.8 Å². The number of hydrogen-bond acceptors (Lipinski definition) is 6. The molecule has 0 fully saturated rings. The monoisotopic (exact) mass is 451 g/mol. The lowest BCUT2D eigenvalue weighted by Gasteiger charge is -2.08. The maximum Gasteiger partial charge on any atom is 0.338 e. The standard InChI is InChI=1S/C23H18FN3O4S/c1-2-31-23(30)15-5-9-17(10-6-15)26-19(28)11-27-13-25-20-18(12-32-21(20)22(27)29)14-3-7-16(24)8-4-14/h3-10,12-13H,2,11H2,1H3,(H,26,28). The van der Waals surface area contributed by atoms with Crippen LogP contribution in [0.25, 0.3) is 21.3 Å². The Bertz CT molecular complexity index is 1340. The van der Waals surface area contributed by atoms with Gasteiger partial charge in [-0.25, -0.2) is 14.2 Å². The Morgan fingerprint density at radius 1 is 1.12 bits per heavy atom. The summed E-state index contributed by atoms with van der Waals surface area (Å²) in [6, 6.07) is 12.2. The lowest BCUT2D eigenvalue weighted by Crippen LogP contribution is -2.27. The average Bonchev–Trinajstić information content (AvgIpc) is 3.22. The molecule has 2 heterocycles. The van der Waals surface area contributed by atoms with Crippen LogP contribution in [0.1, 0.15) is 17.3 Å². The first-order valence-corrected chi connectivity index (χ1v) is 10.6. The summed E-state index contributed by atoms with van der Waals surface area (Å²) in [5.74, 6) is -1.19. The number of ether oxygens (including phenoxy) is 1. The minimum atomic E-state index is -0.438. The summed E-state index contributed by atoms with van der Waals surface area (Å²) in [6.07, 6.45) is 1.33. The Kier molecular flexibility index (Phi) is 6.09. The molecule has 0 aliphatic carbocycles. The number of rotatable bonds is 6. The summed E-state index contributed by atoms with van der Waals surface area (Å²) in [5.41, 5.74) is 2.54. The maximum atomic E-state index is 13.2. The van der Waals surface area contributed by atoms with E-state index in [0.717, 1.165) is 11.1 Å². The van der Waals surface area contributed by atoms with Crippen molar-refractivity contribution in [2.75, 3.05) is 11.9 Å². The molecule has 4 aromatic rings. The van der Waals surface area contributed by atoms with Crippen LogP contribution in [0.15, 0.2) is 65.0 Å². The van der Waals surface area contributed by atoms with E-state index in [0.29, 0.717) is 21.5 Å². The van der Waals surface area contributed by atoms with Crippen LogP contribution < -0.4 is 10.9 Å². The van der Waals surface area contributed by atoms with E-state index < -0.39 is 11.9 Å². The Labute approximate surface area is 186 Å². The predicted molar refractivity (Wildman–Crippen MR) is 120 cm³/mol. The number of benzene rings is 2. The molecule has 32 heavy (non-hydrogen) atoms. The number of nitrogens with zero attached hydrogens (tertiary/aromatic N) is 2. The van der Waals surface area contributed by atoms with Gasteiger partial charge in [-0.05, 0) is 48.9 Å². The summed E-state index contributed by atoms with van der Waals surface area (Å²) in [7, 11) is 0. The molecule has 0 bridgehead atoms. The number of hydrogen-bond donors (Lipinski definition) is 1. The summed E-state index contributed by atoms with van der Waals surface area (Å²) < 4.78 is 19.8. The molecule has 4 rings (SSSR count). The van der Waals surface area contributed by atoms with Crippen molar-refractivity contribution < 1.29 is 18.7 Å². The number of carbonyl (C=O) groups excluding carboxylic acids is 2. The van der Waals surface area contributed by atoms with Gasteiger partial charge in [-0.2, -0.15) is 0 Å². The molecule has 0 spiro atoms. The van der Waals surface area contributed by atoms with Crippen LogP contribution in [-0.2, 0) is 16.1 Å². The van der Waals surface area contributed by atoms with Gasteiger partial charge in [0, 0.05) is 16.6 Å². The third-order valence-corrected chi connectivity index (χ3v) is 5.65. The van der Waals surface area contributed by atoms with Gasteiger partial charge in [0.15, 0.2) is 0 Å². The number of esters is 1. The van der Waals surface area contributed by atoms with E-state index >= 15 is 0 Å². The van der Waals surface area contributed by atoms with Gasteiger partial charge in [0.2, 0.25) is 5.91 Å². The highest BCUT2D eigenvalue weighted by Crippen LogP contribution is 2.30. The molecule has 0 aliphatic rings. The Hall–Kier alpha value is -3.85. The smallest absolute Gasteiger partial charge is 0.338 e. The molecule has 0 aliphatic heterocycles. The number of anilines is 1. The van der Waals surface area contributed by atoms with Gasteiger partial charge in [-0.15, -0.1) is 11.3 Å². The quantitative estimate of drug-likeness (QED) is 0.446. The number of aromatic nitrogens is 2. The fraction of sp³-hybridized carbons (Fsp3) is 0.130. The van der Waals surface area contributed by atoms with Crippen molar-refractivity contribution in [2.24, 2.45) is 0 Å². The SMILES string of the molecule is CCOC(=O)c1ccc(NC(=O)Cn2cnc3c(-c4ccc(F)cc4)csc3c2=O)cc1. The van der Waals surface area contributed by atoms with Gasteiger partial charge < -0.3 is 10.1 Å². The molecule has 162 valence electrons. The first kappa shape index (κ1) is 21.4. The largest absolute Gasteiger partial charge is 0.462 e. The minimum absolute atomic E-state index is 0.217. The molecule has 0 saturated heterocycles. The molecular weight excluding hydrogens is 433 g/mol.